The van der Waals surface area contributed by atoms with Crippen LogP contribution in [0.25, 0.3) is 22.2 Å². The number of benzene rings is 3. The van der Waals surface area contributed by atoms with Crippen LogP contribution in [0.5, 0.6) is 0 Å². The minimum atomic E-state index is -1.01. The number of nitrogens with one attached hydrogen (secondary N) is 1. The lowest BCUT2D eigenvalue weighted by atomic mass is 10.0. The summed E-state index contributed by atoms with van der Waals surface area (Å²) in [6.45, 7) is 2.87. The molecule has 1 aliphatic heterocycles. The molecule has 5 rings (SSSR count). The summed E-state index contributed by atoms with van der Waals surface area (Å²) in [5.74, 6) is 0.326. The van der Waals surface area contributed by atoms with E-state index in [-0.39, 0.29) is 18.1 Å². The van der Waals surface area contributed by atoms with Gasteiger partial charge in [-0.05, 0) is 29.8 Å². The topological polar surface area (TPSA) is 87.5 Å². The summed E-state index contributed by atoms with van der Waals surface area (Å²) >= 11 is 0. The maximum absolute atomic E-state index is 13.2. The molecule has 7 nitrogen and oxygen atoms in total. The SMILES string of the molecule is Cc1ccc(NC(=O)c2nc(-c3cccc4ccccc34)n3c2CN(C(=O)O)CC3)cc1. The fourth-order valence-electron chi connectivity index (χ4n) is 4.17. The molecule has 0 radical (unpaired) electrons. The molecular formula is C25H22N4O3. The van der Waals surface area contributed by atoms with Crippen molar-refractivity contribution in [2.45, 2.75) is 20.0 Å². The van der Waals surface area contributed by atoms with Crippen LogP contribution in [-0.2, 0) is 13.1 Å². The second-order valence-electron chi connectivity index (χ2n) is 7.93. The molecule has 0 aliphatic carbocycles. The normalized spacial score (nSPS) is 13.1. The lowest BCUT2D eigenvalue weighted by Gasteiger charge is -2.27. The van der Waals surface area contributed by atoms with E-state index in [2.05, 4.69) is 5.32 Å². The highest BCUT2D eigenvalue weighted by atomic mass is 16.4. The van der Waals surface area contributed by atoms with E-state index < -0.39 is 6.09 Å². The predicted octanol–water partition coefficient (Wildman–Crippen LogP) is 4.76. The van der Waals surface area contributed by atoms with Crippen LogP contribution in [0, 0.1) is 6.92 Å². The van der Waals surface area contributed by atoms with Crippen LogP contribution >= 0.6 is 0 Å². The van der Waals surface area contributed by atoms with Crippen molar-refractivity contribution < 1.29 is 14.7 Å². The second-order valence-corrected chi connectivity index (χ2v) is 7.93. The monoisotopic (exact) mass is 426 g/mol. The first-order valence-corrected chi connectivity index (χ1v) is 10.4. The molecule has 0 saturated carbocycles. The Balaban J connectivity index is 1.62. The first-order valence-electron chi connectivity index (χ1n) is 10.4. The summed E-state index contributed by atoms with van der Waals surface area (Å²) in [7, 11) is 0. The van der Waals surface area contributed by atoms with Crippen LogP contribution < -0.4 is 5.32 Å². The zero-order valence-corrected chi connectivity index (χ0v) is 17.6. The third kappa shape index (κ3) is 3.47. The molecule has 3 aromatic carbocycles. The highest BCUT2D eigenvalue weighted by Gasteiger charge is 2.30. The van der Waals surface area contributed by atoms with Gasteiger partial charge in [0.2, 0.25) is 0 Å². The summed E-state index contributed by atoms with van der Waals surface area (Å²) in [4.78, 5) is 30.9. The van der Waals surface area contributed by atoms with Gasteiger partial charge >= 0.3 is 6.09 Å². The van der Waals surface area contributed by atoms with Crippen molar-refractivity contribution in [2.75, 3.05) is 11.9 Å². The largest absolute Gasteiger partial charge is 0.465 e. The minimum Gasteiger partial charge on any atom is -0.465 e. The second kappa shape index (κ2) is 7.85. The minimum absolute atomic E-state index is 0.115. The zero-order chi connectivity index (χ0) is 22.2. The van der Waals surface area contributed by atoms with E-state index in [4.69, 9.17) is 4.98 Å². The average molecular weight is 426 g/mol. The average Bonchev–Trinajstić information content (AvgIpc) is 3.19. The van der Waals surface area contributed by atoms with Crippen LogP contribution in [0.4, 0.5) is 10.5 Å². The van der Waals surface area contributed by atoms with Crippen LogP contribution in [0.3, 0.4) is 0 Å². The van der Waals surface area contributed by atoms with Gasteiger partial charge in [-0.2, -0.15) is 0 Å². The molecule has 2 heterocycles. The van der Waals surface area contributed by atoms with Crippen LogP contribution in [-0.4, -0.2) is 38.1 Å². The molecule has 0 saturated heterocycles. The molecule has 2 N–H and O–H groups in total. The van der Waals surface area contributed by atoms with Gasteiger partial charge in [0.25, 0.3) is 5.91 Å². The summed E-state index contributed by atoms with van der Waals surface area (Å²) < 4.78 is 1.98. The number of aryl methyl sites for hydroxylation is 1. The first kappa shape index (κ1) is 19.8. The quantitative estimate of drug-likeness (QED) is 0.495. The van der Waals surface area contributed by atoms with Crippen LogP contribution in [0.15, 0.2) is 66.7 Å². The maximum Gasteiger partial charge on any atom is 0.407 e. The summed E-state index contributed by atoms with van der Waals surface area (Å²) in [6.07, 6.45) is -1.01. The number of nitrogens with zero attached hydrogens (tertiary/aromatic N) is 3. The molecule has 0 fully saturated rings. The maximum atomic E-state index is 13.2. The van der Waals surface area contributed by atoms with Gasteiger partial charge in [0.1, 0.15) is 5.82 Å². The van der Waals surface area contributed by atoms with Crippen molar-refractivity contribution in [3.8, 4) is 11.4 Å². The van der Waals surface area contributed by atoms with Gasteiger partial charge in [-0.25, -0.2) is 9.78 Å². The van der Waals surface area contributed by atoms with E-state index in [1.165, 1.54) is 4.90 Å². The lowest BCUT2D eigenvalue weighted by Crippen LogP contribution is -2.38. The zero-order valence-electron chi connectivity index (χ0n) is 17.6. The highest BCUT2D eigenvalue weighted by molar-refractivity contribution is 6.05. The van der Waals surface area contributed by atoms with E-state index in [0.29, 0.717) is 30.3 Å². The lowest BCUT2D eigenvalue weighted by molar-refractivity contribution is 0.101. The van der Waals surface area contributed by atoms with Gasteiger partial charge < -0.3 is 19.9 Å². The van der Waals surface area contributed by atoms with Gasteiger partial charge in [0, 0.05) is 24.3 Å². The third-order valence-electron chi connectivity index (χ3n) is 5.83. The molecule has 0 unspecified atom stereocenters. The number of imidazole rings is 1. The third-order valence-corrected chi connectivity index (χ3v) is 5.83. The van der Waals surface area contributed by atoms with Crippen molar-refractivity contribution in [1.82, 2.24) is 14.5 Å². The number of carboxylic acid groups (broad SMARTS) is 1. The predicted molar refractivity (Wildman–Crippen MR) is 123 cm³/mol. The Morgan fingerprint density at radius 1 is 0.969 bits per heavy atom. The van der Waals surface area contributed by atoms with Crippen LogP contribution in [0.2, 0.25) is 0 Å². The number of hydrogen-bond acceptors (Lipinski definition) is 3. The molecule has 32 heavy (non-hydrogen) atoms. The number of hydrogen-bond donors (Lipinski definition) is 2. The van der Waals surface area contributed by atoms with Crippen molar-refractivity contribution in [3.63, 3.8) is 0 Å². The fraction of sp³-hybridized carbons (Fsp3) is 0.160. The molecule has 1 aliphatic rings. The fourth-order valence-corrected chi connectivity index (χ4v) is 4.17. The van der Waals surface area contributed by atoms with Crippen molar-refractivity contribution in [1.29, 1.82) is 0 Å². The molecule has 0 bridgehead atoms. The van der Waals surface area contributed by atoms with Gasteiger partial charge in [-0.15, -0.1) is 0 Å². The first-order chi connectivity index (χ1) is 15.5. The Labute approximate surface area is 184 Å². The summed E-state index contributed by atoms with van der Waals surface area (Å²) in [5, 5.41) is 14.5. The Kier molecular flexibility index (Phi) is 4.86. The molecular weight excluding hydrogens is 404 g/mol. The molecule has 2 amide bonds. The van der Waals surface area contributed by atoms with Crippen LogP contribution in [0.1, 0.15) is 21.7 Å². The van der Waals surface area contributed by atoms with Crippen molar-refractivity contribution in [3.05, 3.63) is 83.7 Å². The number of carbonyl (C=O) groups excluding carboxylic acids is 1. The van der Waals surface area contributed by atoms with Crippen molar-refractivity contribution >= 4 is 28.5 Å². The number of carbonyl (C=O) groups is 2. The number of anilines is 1. The smallest absolute Gasteiger partial charge is 0.407 e. The van der Waals surface area contributed by atoms with Gasteiger partial charge in [0.05, 0.1) is 12.2 Å². The molecule has 0 atom stereocenters. The number of amides is 2. The molecule has 160 valence electrons. The van der Waals surface area contributed by atoms with Gasteiger partial charge in [-0.3, -0.25) is 4.79 Å². The van der Waals surface area contributed by atoms with Gasteiger partial charge in [0.15, 0.2) is 5.69 Å². The van der Waals surface area contributed by atoms with Crippen molar-refractivity contribution in [2.24, 2.45) is 0 Å². The van der Waals surface area contributed by atoms with E-state index >= 15 is 0 Å². The molecule has 7 heteroatoms. The number of aromatic nitrogens is 2. The van der Waals surface area contributed by atoms with E-state index in [1.807, 2.05) is 78.2 Å². The van der Waals surface area contributed by atoms with E-state index in [1.54, 1.807) is 0 Å². The molecule has 0 spiro atoms. The standard InChI is InChI=1S/C25H22N4O3/c1-16-9-11-18(12-10-16)26-24(30)22-21-15-28(25(31)32)13-14-29(21)23(27-22)20-8-4-6-17-5-2-3-7-19(17)20/h2-12H,13-15H2,1H3,(H,26,30)(H,31,32). The molecule has 1 aromatic heterocycles. The number of rotatable bonds is 3. The Morgan fingerprint density at radius 3 is 2.50 bits per heavy atom. The number of fused-ring (bicyclic) bond motifs is 2. The van der Waals surface area contributed by atoms with E-state index in [9.17, 15) is 14.7 Å². The summed E-state index contributed by atoms with van der Waals surface area (Å²) in [6, 6.07) is 21.5. The van der Waals surface area contributed by atoms with Gasteiger partial charge in [-0.1, -0.05) is 60.2 Å². The Morgan fingerprint density at radius 2 is 1.72 bits per heavy atom. The molecule has 4 aromatic rings. The summed E-state index contributed by atoms with van der Waals surface area (Å²) in [5.41, 5.74) is 3.53. The Hall–Kier alpha value is -4.13. The highest BCUT2D eigenvalue weighted by Crippen LogP contribution is 2.32. The van der Waals surface area contributed by atoms with E-state index in [0.717, 1.165) is 21.9 Å². The Bertz CT molecular complexity index is 1340.